The van der Waals surface area contributed by atoms with Crippen LogP contribution >= 0.6 is 0 Å². The standard InChI is InChI=1S/C13H24N2O4/c1-13(11(14)16,12(15)17)7-3-5-9-19-10-6-2-4-8-18-10/h10H,2-9H2,1H3,(H2,14,16)(H2,15,17). The van der Waals surface area contributed by atoms with Gasteiger partial charge in [-0.05, 0) is 45.4 Å². The summed E-state index contributed by atoms with van der Waals surface area (Å²) in [5.41, 5.74) is 9.16. The summed E-state index contributed by atoms with van der Waals surface area (Å²) < 4.78 is 11.0. The zero-order valence-corrected chi connectivity index (χ0v) is 11.5. The first-order valence-electron chi connectivity index (χ1n) is 6.80. The number of unbranched alkanes of at least 4 members (excludes halogenated alkanes) is 1. The van der Waals surface area contributed by atoms with Crippen LogP contribution in [0.25, 0.3) is 0 Å². The molecule has 19 heavy (non-hydrogen) atoms. The zero-order chi connectivity index (χ0) is 14.3. The molecule has 0 saturated carbocycles. The maximum absolute atomic E-state index is 11.2. The van der Waals surface area contributed by atoms with Gasteiger partial charge in [-0.3, -0.25) is 9.59 Å². The van der Waals surface area contributed by atoms with E-state index in [0.29, 0.717) is 19.4 Å². The summed E-state index contributed by atoms with van der Waals surface area (Å²) in [7, 11) is 0. The molecule has 1 atom stereocenters. The van der Waals surface area contributed by atoms with Gasteiger partial charge in [0.2, 0.25) is 11.8 Å². The van der Waals surface area contributed by atoms with Crippen molar-refractivity contribution in [2.75, 3.05) is 13.2 Å². The molecule has 110 valence electrons. The first-order valence-corrected chi connectivity index (χ1v) is 6.80. The van der Waals surface area contributed by atoms with Crippen molar-refractivity contribution in [2.45, 2.75) is 51.7 Å². The highest BCUT2D eigenvalue weighted by Crippen LogP contribution is 2.23. The first-order chi connectivity index (χ1) is 8.97. The molecule has 1 fully saturated rings. The molecule has 0 bridgehead atoms. The third-order valence-corrected chi connectivity index (χ3v) is 3.60. The van der Waals surface area contributed by atoms with Gasteiger partial charge in [-0.15, -0.1) is 0 Å². The minimum absolute atomic E-state index is 0.104. The fourth-order valence-electron chi connectivity index (χ4n) is 2.01. The Morgan fingerprint density at radius 1 is 1.26 bits per heavy atom. The van der Waals surface area contributed by atoms with Crippen molar-refractivity contribution in [2.24, 2.45) is 16.9 Å². The van der Waals surface area contributed by atoms with Crippen molar-refractivity contribution in [1.29, 1.82) is 0 Å². The SMILES string of the molecule is CC(CCCCOC1CCCCO1)(C(N)=O)C(N)=O. The Morgan fingerprint density at radius 2 is 1.95 bits per heavy atom. The van der Waals surface area contributed by atoms with Crippen LogP contribution in [0.2, 0.25) is 0 Å². The van der Waals surface area contributed by atoms with Crippen LogP contribution in [-0.4, -0.2) is 31.3 Å². The van der Waals surface area contributed by atoms with Gasteiger partial charge in [0.25, 0.3) is 0 Å². The van der Waals surface area contributed by atoms with Gasteiger partial charge in [0.05, 0.1) is 0 Å². The fourth-order valence-corrected chi connectivity index (χ4v) is 2.01. The first kappa shape index (κ1) is 15.9. The number of carbonyl (C=O) groups excluding carboxylic acids is 2. The van der Waals surface area contributed by atoms with Crippen molar-refractivity contribution in [1.82, 2.24) is 0 Å². The Labute approximate surface area is 113 Å². The average Bonchev–Trinajstić information content (AvgIpc) is 2.38. The number of carbonyl (C=O) groups is 2. The van der Waals surface area contributed by atoms with Gasteiger partial charge in [0, 0.05) is 13.2 Å². The summed E-state index contributed by atoms with van der Waals surface area (Å²) in [6, 6.07) is 0. The summed E-state index contributed by atoms with van der Waals surface area (Å²) in [6.07, 6.45) is 4.81. The van der Waals surface area contributed by atoms with E-state index in [1.54, 1.807) is 0 Å². The molecule has 0 radical (unpaired) electrons. The normalized spacial score (nSPS) is 20.2. The van der Waals surface area contributed by atoms with Gasteiger partial charge >= 0.3 is 0 Å². The van der Waals surface area contributed by atoms with Crippen molar-refractivity contribution < 1.29 is 19.1 Å². The Kier molecular flexibility index (Phi) is 6.24. The number of amides is 2. The van der Waals surface area contributed by atoms with Crippen LogP contribution in [0.1, 0.15) is 45.4 Å². The van der Waals surface area contributed by atoms with Gasteiger partial charge in [-0.2, -0.15) is 0 Å². The van der Waals surface area contributed by atoms with E-state index in [-0.39, 0.29) is 6.29 Å². The Balaban J connectivity index is 2.18. The maximum Gasteiger partial charge on any atom is 0.232 e. The smallest absolute Gasteiger partial charge is 0.232 e. The fraction of sp³-hybridized carbons (Fsp3) is 0.846. The predicted molar refractivity (Wildman–Crippen MR) is 69.9 cm³/mol. The lowest BCUT2D eigenvalue weighted by Crippen LogP contribution is -2.45. The lowest BCUT2D eigenvalue weighted by Gasteiger charge is -2.24. The summed E-state index contributed by atoms with van der Waals surface area (Å²) in [4.78, 5) is 22.5. The quantitative estimate of drug-likeness (QED) is 0.500. The minimum Gasteiger partial charge on any atom is -0.369 e. The molecule has 0 aromatic heterocycles. The molecule has 1 unspecified atom stereocenters. The zero-order valence-electron chi connectivity index (χ0n) is 11.5. The van der Waals surface area contributed by atoms with E-state index in [4.69, 9.17) is 20.9 Å². The molecule has 0 aromatic rings. The molecular weight excluding hydrogens is 248 g/mol. The van der Waals surface area contributed by atoms with Crippen LogP contribution in [0.3, 0.4) is 0 Å². The second-order valence-electron chi connectivity index (χ2n) is 5.18. The van der Waals surface area contributed by atoms with Crippen molar-refractivity contribution in [3.8, 4) is 0 Å². The second-order valence-corrected chi connectivity index (χ2v) is 5.18. The molecule has 6 heteroatoms. The van der Waals surface area contributed by atoms with Crippen LogP contribution < -0.4 is 11.5 Å². The van der Waals surface area contributed by atoms with Gasteiger partial charge in [0.15, 0.2) is 6.29 Å². The van der Waals surface area contributed by atoms with E-state index in [0.717, 1.165) is 32.3 Å². The highest BCUT2D eigenvalue weighted by Gasteiger charge is 2.36. The summed E-state index contributed by atoms with van der Waals surface area (Å²) in [5.74, 6) is -1.34. The number of rotatable bonds is 8. The molecule has 0 aromatic carbocycles. The van der Waals surface area contributed by atoms with Crippen molar-refractivity contribution in [3.05, 3.63) is 0 Å². The molecule has 0 aliphatic carbocycles. The molecule has 4 N–H and O–H groups in total. The summed E-state index contributed by atoms with van der Waals surface area (Å²) >= 11 is 0. The molecule has 1 aliphatic heterocycles. The molecular formula is C13H24N2O4. The van der Waals surface area contributed by atoms with E-state index in [1.807, 2.05) is 0 Å². The molecule has 0 spiro atoms. The topological polar surface area (TPSA) is 105 Å². The van der Waals surface area contributed by atoms with Crippen molar-refractivity contribution in [3.63, 3.8) is 0 Å². The van der Waals surface area contributed by atoms with Gasteiger partial charge in [-0.1, -0.05) is 0 Å². The molecule has 1 aliphatic rings. The predicted octanol–water partition coefficient (Wildman–Crippen LogP) is 0.677. The van der Waals surface area contributed by atoms with Crippen LogP contribution in [-0.2, 0) is 19.1 Å². The van der Waals surface area contributed by atoms with E-state index in [2.05, 4.69) is 0 Å². The maximum atomic E-state index is 11.2. The molecule has 1 saturated heterocycles. The number of hydrogen-bond acceptors (Lipinski definition) is 4. The summed E-state index contributed by atoms with van der Waals surface area (Å²) in [5, 5.41) is 0. The molecule has 2 amide bonds. The van der Waals surface area contributed by atoms with Gasteiger partial charge in [0.1, 0.15) is 5.41 Å². The molecule has 6 nitrogen and oxygen atoms in total. The molecule has 1 rings (SSSR count). The number of primary amides is 2. The Bertz CT molecular complexity index is 300. The Morgan fingerprint density at radius 3 is 2.47 bits per heavy atom. The highest BCUT2D eigenvalue weighted by atomic mass is 16.7. The lowest BCUT2D eigenvalue weighted by molar-refractivity contribution is -0.163. The molecule has 1 heterocycles. The highest BCUT2D eigenvalue weighted by molar-refractivity contribution is 6.03. The van der Waals surface area contributed by atoms with Crippen LogP contribution in [0.4, 0.5) is 0 Å². The summed E-state index contributed by atoms with van der Waals surface area (Å²) in [6.45, 7) is 2.80. The van der Waals surface area contributed by atoms with Crippen LogP contribution in [0, 0.1) is 5.41 Å². The monoisotopic (exact) mass is 272 g/mol. The third kappa shape index (κ3) is 4.80. The van der Waals surface area contributed by atoms with Gasteiger partial charge in [-0.25, -0.2) is 0 Å². The lowest BCUT2D eigenvalue weighted by atomic mass is 9.83. The van der Waals surface area contributed by atoms with E-state index in [1.165, 1.54) is 6.92 Å². The minimum atomic E-state index is -1.26. The number of nitrogens with two attached hydrogens (primary N) is 2. The second kappa shape index (κ2) is 7.45. The van der Waals surface area contributed by atoms with E-state index in [9.17, 15) is 9.59 Å². The third-order valence-electron chi connectivity index (χ3n) is 3.60. The van der Waals surface area contributed by atoms with E-state index >= 15 is 0 Å². The van der Waals surface area contributed by atoms with Crippen LogP contribution in [0.15, 0.2) is 0 Å². The number of ether oxygens (including phenoxy) is 2. The largest absolute Gasteiger partial charge is 0.369 e. The average molecular weight is 272 g/mol. The van der Waals surface area contributed by atoms with E-state index < -0.39 is 17.2 Å². The Hall–Kier alpha value is -1.14. The number of hydrogen-bond donors (Lipinski definition) is 2. The van der Waals surface area contributed by atoms with Gasteiger partial charge < -0.3 is 20.9 Å². The van der Waals surface area contributed by atoms with Crippen LogP contribution in [0.5, 0.6) is 0 Å². The van der Waals surface area contributed by atoms with Crippen molar-refractivity contribution >= 4 is 11.8 Å².